The predicted octanol–water partition coefficient (Wildman–Crippen LogP) is 5.46. The number of nitrogens with zero attached hydrogens (tertiary/aromatic N) is 2. The van der Waals surface area contributed by atoms with E-state index in [1.54, 1.807) is 42.5 Å². The molecule has 1 fully saturated rings. The minimum atomic E-state index is -4.14. The fraction of sp³-hybridized carbons (Fsp3) is 0.394. The molecule has 1 N–H and O–H groups in total. The molecule has 0 radical (unpaired) electrons. The molecule has 1 aliphatic carbocycles. The molecule has 3 aromatic carbocycles. The van der Waals surface area contributed by atoms with Crippen LogP contribution in [0.3, 0.4) is 0 Å². The fourth-order valence-corrected chi connectivity index (χ4v) is 6.80. The minimum absolute atomic E-state index is 0.0408. The summed E-state index contributed by atoms with van der Waals surface area (Å²) in [5, 5.41) is 3.15. The third-order valence-electron chi connectivity index (χ3n) is 7.74. The van der Waals surface area contributed by atoms with Crippen molar-refractivity contribution in [1.82, 2.24) is 10.2 Å². The largest absolute Gasteiger partial charge is 0.494 e. The van der Waals surface area contributed by atoms with Crippen molar-refractivity contribution < 1.29 is 22.7 Å². The Morgan fingerprint density at radius 3 is 2.19 bits per heavy atom. The Bertz CT molecular complexity index is 1440. The molecule has 3 aromatic rings. The van der Waals surface area contributed by atoms with Crippen LogP contribution in [0.15, 0.2) is 83.8 Å². The summed E-state index contributed by atoms with van der Waals surface area (Å²) in [6.07, 6.45) is 4.39. The van der Waals surface area contributed by atoms with E-state index in [4.69, 9.17) is 4.74 Å². The van der Waals surface area contributed by atoms with Gasteiger partial charge in [-0.15, -0.1) is 0 Å². The predicted molar refractivity (Wildman–Crippen MR) is 165 cm³/mol. The molecule has 8 nitrogen and oxygen atoms in total. The van der Waals surface area contributed by atoms with Gasteiger partial charge >= 0.3 is 0 Å². The number of sulfonamides is 1. The number of amides is 2. The van der Waals surface area contributed by atoms with Crippen molar-refractivity contribution in [2.75, 3.05) is 17.5 Å². The molecule has 0 saturated heterocycles. The van der Waals surface area contributed by atoms with E-state index in [1.807, 2.05) is 45.0 Å². The summed E-state index contributed by atoms with van der Waals surface area (Å²) >= 11 is 0. The highest BCUT2D eigenvalue weighted by Gasteiger charge is 2.34. The van der Waals surface area contributed by atoms with Gasteiger partial charge in [0, 0.05) is 12.6 Å². The van der Waals surface area contributed by atoms with Crippen LogP contribution in [0.5, 0.6) is 5.75 Å². The summed E-state index contributed by atoms with van der Waals surface area (Å²) in [5.74, 6) is -0.0979. The van der Waals surface area contributed by atoms with Crippen LogP contribution >= 0.6 is 0 Å². The van der Waals surface area contributed by atoms with Gasteiger partial charge in [-0.1, -0.05) is 62.2 Å². The number of nitrogens with one attached hydrogen (secondary N) is 1. The van der Waals surface area contributed by atoms with Crippen molar-refractivity contribution in [3.63, 3.8) is 0 Å². The minimum Gasteiger partial charge on any atom is -0.494 e. The van der Waals surface area contributed by atoms with Crippen LogP contribution in [-0.4, -0.2) is 50.4 Å². The lowest BCUT2D eigenvalue weighted by Crippen LogP contribution is -2.53. The van der Waals surface area contributed by atoms with Gasteiger partial charge in [0.05, 0.1) is 17.2 Å². The van der Waals surface area contributed by atoms with E-state index in [1.165, 1.54) is 17.0 Å². The molecule has 0 heterocycles. The van der Waals surface area contributed by atoms with Crippen molar-refractivity contribution in [1.29, 1.82) is 0 Å². The van der Waals surface area contributed by atoms with Gasteiger partial charge in [0.15, 0.2) is 0 Å². The number of hydrogen-bond donors (Lipinski definition) is 1. The maximum atomic E-state index is 14.2. The molecule has 0 unspecified atom stereocenters. The average molecular weight is 592 g/mol. The van der Waals surface area contributed by atoms with Gasteiger partial charge in [-0.3, -0.25) is 13.9 Å². The molecule has 1 aliphatic rings. The van der Waals surface area contributed by atoms with Crippen LogP contribution in [0.2, 0.25) is 0 Å². The number of ether oxygens (including phenoxy) is 1. The van der Waals surface area contributed by atoms with E-state index in [2.05, 4.69) is 5.32 Å². The maximum Gasteiger partial charge on any atom is 0.264 e. The van der Waals surface area contributed by atoms with Gasteiger partial charge in [0.25, 0.3) is 10.0 Å². The summed E-state index contributed by atoms with van der Waals surface area (Å²) in [4.78, 5) is 29.4. The number of hydrogen-bond acceptors (Lipinski definition) is 5. The number of para-hydroxylation sites is 1. The molecule has 4 rings (SSSR count). The average Bonchev–Trinajstić information content (AvgIpc) is 3.50. The Hall–Kier alpha value is -3.85. The van der Waals surface area contributed by atoms with Crippen molar-refractivity contribution in [3.8, 4) is 5.75 Å². The summed E-state index contributed by atoms with van der Waals surface area (Å²) in [6, 6.07) is 21.8. The zero-order valence-corrected chi connectivity index (χ0v) is 25.5. The molecule has 0 aromatic heterocycles. The van der Waals surface area contributed by atoms with Crippen molar-refractivity contribution >= 4 is 27.5 Å². The van der Waals surface area contributed by atoms with Crippen LogP contribution in [0.1, 0.15) is 57.1 Å². The van der Waals surface area contributed by atoms with Gasteiger partial charge in [0.2, 0.25) is 11.8 Å². The highest BCUT2D eigenvalue weighted by molar-refractivity contribution is 7.92. The summed E-state index contributed by atoms with van der Waals surface area (Å²) in [5.41, 5.74) is 2.25. The maximum absolute atomic E-state index is 14.2. The number of aryl methyl sites for hydroxylation is 1. The van der Waals surface area contributed by atoms with E-state index < -0.39 is 28.5 Å². The first-order chi connectivity index (χ1) is 20.2. The second-order valence-corrected chi connectivity index (χ2v) is 12.5. The molecule has 1 atom stereocenters. The highest BCUT2D eigenvalue weighted by atomic mass is 32.2. The monoisotopic (exact) mass is 591 g/mol. The Labute approximate surface area is 249 Å². The standard InChI is InChI=1S/C33H41N3O5S/c1-4-31(33(38)34-27-15-11-12-16-27)35(23-26-14-10-9-13-25(26)3)32(37)24-36(28-17-7-6-8-18-28)42(39,40)30-21-19-29(20-22-30)41-5-2/h6-10,13-14,17-22,27,31H,4-5,11-12,15-16,23-24H2,1-3H3,(H,34,38)/t31-/m0/s1. The zero-order valence-electron chi connectivity index (χ0n) is 24.7. The molecule has 2 amide bonds. The van der Waals surface area contributed by atoms with E-state index in [-0.39, 0.29) is 23.4 Å². The molecule has 0 bridgehead atoms. The lowest BCUT2D eigenvalue weighted by molar-refractivity contribution is -0.140. The second kappa shape index (κ2) is 14.4. The highest BCUT2D eigenvalue weighted by Crippen LogP contribution is 2.26. The normalized spacial score (nSPS) is 14.3. The molecular formula is C33H41N3O5S. The number of rotatable bonds is 13. The molecular weight excluding hydrogens is 550 g/mol. The molecule has 1 saturated carbocycles. The summed E-state index contributed by atoms with van der Waals surface area (Å²) in [6.45, 7) is 5.88. The number of benzene rings is 3. The lowest BCUT2D eigenvalue weighted by atomic mass is 10.1. The SMILES string of the molecule is CCOc1ccc(S(=O)(=O)N(CC(=O)N(Cc2ccccc2C)[C@@H](CC)C(=O)NC2CCCC2)c2ccccc2)cc1. The van der Waals surface area contributed by atoms with Crippen LogP contribution in [0.4, 0.5) is 5.69 Å². The third-order valence-corrected chi connectivity index (χ3v) is 9.52. The molecule has 224 valence electrons. The fourth-order valence-electron chi connectivity index (χ4n) is 5.38. The van der Waals surface area contributed by atoms with Crippen molar-refractivity contribution in [2.24, 2.45) is 0 Å². The first kappa shape index (κ1) is 31.1. The third kappa shape index (κ3) is 7.50. The topological polar surface area (TPSA) is 96.0 Å². The van der Waals surface area contributed by atoms with Gasteiger partial charge in [-0.2, -0.15) is 0 Å². The van der Waals surface area contributed by atoms with Crippen LogP contribution < -0.4 is 14.4 Å². The first-order valence-electron chi connectivity index (χ1n) is 14.7. The van der Waals surface area contributed by atoms with Gasteiger partial charge < -0.3 is 15.0 Å². The van der Waals surface area contributed by atoms with Gasteiger partial charge in [-0.25, -0.2) is 8.42 Å². The van der Waals surface area contributed by atoms with Crippen molar-refractivity contribution in [2.45, 2.75) is 76.4 Å². The van der Waals surface area contributed by atoms with E-state index in [0.29, 0.717) is 24.5 Å². The first-order valence-corrected chi connectivity index (χ1v) is 16.1. The lowest BCUT2D eigenvalue weighted by Gasteiger charge is -2.34. The van der Waals surface area contributed by atoms with Crippen molar-refractivity contribution in [3.05, 3.63) is 90.0 Å². The molecule has 0 aliphatic heterocycles. The summed E-state index contributed by atoms with van der Waals surface area (Å²) < 4.78 is 34.6. The van der Waals surface area contributed by atoms with E-state index in [0.717, 1.165) is 41.1 Å². The number of carbonyl (C=O) groups excluding carboxylic acids is 2. The van der Waals surface area contributed by atoms with Crippen LogP contribution in [0.25, 0.3) is 0 Å². The Kier molecular flexibility index (Phi) is 10.6. The van der Waals surface area contributed by atoms with Gasteiger partial charge in [-0.05, 0) is 80.6 Å². The Balaban J connectivity index is 1.69. The quantitative estimate of drug-likeness (QED) is 0.285. The number of carbonyl (C=O) groups is 2. The zero-order chi connectivity index (χ0) is 30.1. The van der Waals surface area contributed by atoms with Gasteiger partial charge in [0.1, 0.15) is 18.3 Å². The number of anilines is 1. The summed E-state index contributed by atoms with van der Waals surface area (Å²) in [7, 11) is -4.14. The molecule has 0 spiro atoms. The Morgan fingerprint density at radius 2 is 1.57 bits per heavy atom. The molecule has 42 heavy (non-hydrogen) atoms. The van der Waals surface area contributed by atoms with Crippen LogP contribution in [-0.2, 0) is 26.2 Å². The smallest absolute Gasteiger partial charge is 0.264 e. The van der Waals surface area contributed by atoms with Crippen LogP contribution in [0, 0.1) is 6.92 Å². The molecule has 9 heteroatoms. The second-order valence-electron chi connectivity index (χ2n) is 10.6. The van der Waals surface area contributed by atoms with E-state index >= 15 is 0 Å². The van der Waals surface area contributed by atoms with E-state index in [9.17, 15) is 18.0 Å². The Morgan fingerprint density at radius 1 is 0.929 bits per heavy atom.